The third kappa shape index (κ3) is 2.89. The highest BCUT2D eigenvalue weighted by atomic mass is 32.2. The number of amides is 1. The number of aromatic nitrogens is 2. The summed E-state index contributed by atoms with van der Waals surface area (Å²) in [6.07, 6.45) is 0. The number of sulfonamides is 1. The normalized spacial score (nSPS) is 11.5. The second-order valence-corrected chi connectivity index (χ2v) is 6.98. The van der Waals surface area contributed by atoms with Gasteiger partial charge < -0.3 is 0 Å². The number of carbonyl (C=O) groups is 1. The fourth-order valence-corrected chi connectivity index (χ4v) is 3.67. The summed E-state index contributed by atoms with van der Waals surface area (Å²) in [4.78, 5) is 12.3. The van der Waals surface area contributed by atoms with Crippen molar-refractivity contribution in [3.8, 4) is 0 Å². The van der Waals surface area contributed by atoms with Gasteiger partial charge in [-0.2, -0.15) is 5.10 Å². The molecule has 7 heteroatoms. The quantitative estimate of drug-likeness (QED) is 0.934. The third-order valence-corrected chi connectivity index (χ3v) is 5.29. The van der Waals surface area contributed by atoms with E-state index in [2.05, 4.69) is 9.82 Å². The van der Waals surface area contributed by atoms with E-state index in [9.17, 15) is 13.2 Å². The molecule has 1 aromatic carbocycles. The van der Waals surface area contributed by atoms with Gasteiger partial charge in [0.15, 0.2) is 0 Å². The highest BCUT2D eigenvalue weighted by molar-refractivity contribution is 7.90. The molecule has 2 aromatic rings. The molecule has 1 amide bonds. The van der Waals surface area contributed by atoms with Gasteiger partial charge in [-0.1, -0.05) is 6.07 Å². The van der Waals surface area contributed by atoms with E-state index in [0.717, 1.165) is 11.1 Å². The maximum absolute atomic E-state index is 12.4. The van der Waals surface area contributed by atoms with Crippen LogP contribution in [-0.4, -0.2) is 24.1 Å². The van der Waals surface area contributed by atoms with E-state index >= 15 is 0 Å². The molecule has 0 saturated carbocycles. The van der Waals surface area contributed by atoms with Crippen LogP contribution in [0.3, 0.4) is 0 Å². The minimum absolute atomic E-state index is 0.0483. The Morgan fingerprint density at radius 2 is 1.77 bits per heavy atom. The third-order valence-electron chi connectivity index (χ3n) is 3.71. The molecule has 0 saturated heterocycles. The molecule has 1 N–H and O–H groups in total. The molecule has 0 bridgehead atoms. The average molecular weight is 321 g/mol. The molecule has 1 heterocycles. The Kier molecular flexibility index (Phi) is 4.10. The molecule has 0 unspecified atom stereocenters. The van der Waals surface area contributed by atoms with Gasteiger partial charge in [0.05, 0.1) is 11.4 Å². The molecule has 0 fully saturated rings. The highest BCUT2D eigenvalue weighted by Gasteiger charge is 2.26. The van der Waals surface area contributed by atoms with E-state index in [1.807, 2.05) is 13.8 Å². The molecule has 0 radical (unpaired) electrons. The average Bonchev–Trinajstić information content (AvgIpc) is 2.66. The molecular weight excluding hydrogens is 302 g/mol. The molecule has 0 atom stereocenters. The molecule has 0 spiro atoms. The van der Waals surface area contributed by atoms with Gasteiger partial charge in [-0.25, -0.2) is 13.1 Å². The molecule has 2 rings (SSSR count). The zero-order valence-electron chi connectivity index (χ0n) is 13.3. The van der Waals surface area contributed by atoms with Crippen LogP contribution in [-0.2, 0) is 17.1 Å². The van der Waals surface area contributed by atoms with Crippen molar-refractivity contribution in [1.29, 1.82) is 0 Å². The molecule has 0 aliphatic carbocycles. The van der Waals surface area contributed by atoms with E-state index in [4.69, 9.17) is 0 Å². The lowest BCUT2D eigenvalue weighted by Crippen LogP contribution is -2.31. The number of hydrogen-bond acceptors (Lipinski definition) is 4. The van der Waals surface area contributed by atoms with E-state index in [1.54, 1.807) is 39.1 Å². The summed E-state index contributed by atoms with van der Waals surface area (Å²) in [5.74, 6) is -0.647. The van der Waals surface area contributed by atoms with Gasteiger partial charge in [-0.05, 0) is 51.0 Å². The maximum Gasteiger partial charge on any atom is 0.267 e. The molecule has 6 nitrogen and oxygen atoms in total. The van der Waals surface area contributed by atoms with Crippen molar-refractivity contribution in [1.82, 2.24) is 14.5 Å². The number of benzene rings is 1. The van der Waals surface area contributed by atoms with Crippen LogP contribution >= 0.6 is 0 Å². The SMILES string of the molecule is Cc1ccc(C(=O)NS(=O)(=O)c2c(C)nn(C)c2C)cc1C. The minimum atomic E-state index is -3.95. The minimum Gasteiger partial charge on any atom is -0.271 e. The van der Waals surface area contributed by atoms with Crippen molar-refractivity contribution in [2.45, 2.75) is 32.6 Å². The number of nitrogens with zero attached hydrogens (tertiary/aromatic N) is 2. The van der Waals surface area contributed by atoms with Crippen molar-refractivity contribution in [3.63, 3.8) is 0 Å². The summed E-state index contributed by atoms with van der Waals surface area (Å²) < 4.78 is 28.5. The van der Waals surface area contributed by atoms with Crippen molar-refractivity contribution in [3.05, 3.63) is 46.3 Å². The summed E-state index contributed by atoms with van der Waals surface area (Å²) in [7, 11) is -2.29. The van der Waals surface area contributed by atoms with Gasteiger partial charge >= 0.3 is 0 Å². The first-order valence-corrected chi connectivity index (χ1v) is 8.26. The van der Waals surface area contributed by atoms with Crippen molar-refractivity contribution in [2.75, 3.05) is 0 Å². The molecule has 22 heavy (non-hydrogen) atoms. The lowest BCUT2D eigenvalue weighted by atomic mass is 10.1. The fraction of sp³-hybridized carbons (Fsp3) is 0.333. The van der Waals surface area contributed by atoms with Crippen LogP contribution in [0.25, 0.3) is 0 Å². The topological polar surface area (TPSA) is 81.1 Å². The highest BCUT2D eigenvalue weighted by Crippen LogP contribution is 2.19. The van der Waals surface area contributed by atoms with Gasteiger partial charge in [-0.3, -0.25) is 9.48 Å². The first-order chi connectivity index (χ1) is 10.1. The van der Waals surface area contributed by atoms with E-state index in [-0.39, 0.29) is 4.90 Å². The summed E-state index contributed by atoms with van der Waals surface area (Å²) in [5, 5.41) is 4.07. The van der Waals surface area contributed by atoms with Gasteiger partial charge in [0, 0.05) is 12.6 Å². The summed E-state index contributed by atoms with van der Waals surface area (Å²) in [5.41, 5.74) is 3.13. The maximum atomic E-state index is 12.4. The number of rotatable bonds is 3. The zero-order chi connectivity index (χ0) is 16.7. The lowest BCUT2D eigenvalue weighted by Gasteiger charge is -2.08. The van der Waals surface area contributed by atoms with Crippen molar-refractivity contribution >= 4 is 15.9 Å². The first kappa shape index (κ1) is 16.2. The van der Waals surface area contributed by atoms with Crippen molar-refractivity contribution in [2.24, 2.45) is 7.05 Å². The number of hydrogen-bond donors (Lipinski definition) is 1. The largest absolute Gasteiger partial charge is 0.271 e. The van der Waals surface area contributed by atoms with Crippen LogP contribution < -0.4 is 4.72 Å². The van der Waals surface area contributed by atoms with Crippen LogP contribution in [0.5, 0.6) is 0 Å². The zero-order valence-corrected chi connectivity index (χ0v) is 14.1. The molecule has 118 valence electrons. The van der Waals surface area contributed by atoms with Crippen LogP contribution in [0.1, 0.15) is 32.9 Å². The Bertz CT molecular complexity index is 851. The predicted molar refractivity (Wildman–Crippen MR) is 83.3 cm³/mol. The molecular formula is C15H19N3O3S. The molecule has 0 aliphatic rings. The van der Waals surface area contributed by atoms with E-state index in [0.29, 0.717) is 17.0 Å². The second-order valence-electron chi connectivity index (χ2n) is 5.36. The fourth-order valence-electron chi connectivity index (χ4n) is 2.26. The molecule has 1 aromatic heterocycles. The summed E-state index contributed by atoms with van der Waals surface area (Å²) in [6.45, 7) is 7.04. The van der Waals surface area contributed by atoms with Crippen LogP contribution in [0, 0.1) is 27.7 Å². The first-order valence-electron chi connectivity index (χ1n) is 6.78. The second kappa shape index (κ2) is 5.57. The van der Waals surface area contributed by atoms with Crippen LogP contribution in [0.15, 0.2) is 23.1 Å². The Labute approximate surface area is 130 Å². The number of nitrogens with one attached hydrogen (secondary N) is 1. The Morgan fingerprint density at radius 1 is 1.14 bits per heavy atom. The van der Waals surface area contributed by atoms with E-state index in [1.165, 1.54) is 4.68 Å². The van der Waals surface area contributed by atoms with Gasteiger partial charge in [0.2, 0.25) is 0 Å². The van der Waals surface area contributed by atoms with E-state index < -0.39 is 15.9 Å². The summed E-state index contributed by atoms with van der Waals surface area (Å²) >= 11 is 0. The van der Waals surface area contributed by atoms with Crippen LogP contribution in [0.2, 0.25) is 0 Å². The standard InChI is InChI=1S/C15H19N3O3S/c1-9-6-7-13(8-10(9)2)15(19)17-22(20,21)14-11(3)16-18(5)12(14)4/h6-8H,1-5H3,(H,17,19). The number of carbonyl (C=O) groups excluding carboxylic acids is 1. The smallest absolute Gasteiger partial charge is 0.267 e. The van der Waals surface area contributed by atoms with Gasteiger partial charge in [-0.15, -0.1) is 0 Å². The Balaban J connectivity index is 2.36. The predicted octanol–water partition coefficient (Wildman–Crippen LogP) is 1.77. The summed E-state index contributed by atoms with van der Waals surface area (Å²) in [6, 6.07) is 5.07. The van der Waals surface area contributed by atoms with Gasteiger partial charge in [0.1, 0.15) is 4.90 Å². The Morgan fingerprint density at radius 3 is 2.27 bits per heavy atom. The van der Waals surface area contributed by atoms with Crippen LogP contribution in [0.4, 0.5) is 0 Å². The lowest BCUT2D eigenvalue weighted by molar-refractivity contribution is 0.0981. The Hall–Kier alpha value is -2.15. The monoisotopic (exact) mass is 321 g/mol. The van der Waals surface area contributed by atoms with Gasteiger partial charge in [0.25, 0.3) is 15.9 Å². The van der Waals surface area contributed by atoms with Crippen molar-refractivity contribution < 1.29 is 13.2 Å². The molecule has 0 aliphatic heterocycles. The number of aryl methyl sites for hydroxylation is 4.